The summed E-state index contributed by atoms with van der Waals surface area (Å²) in [6.45, 7) is 6.75. The highest BCUT2D eigenvalue weighted by Crippen LogP contribution is 2.25. The molecule has 0 aliphatic carbocycles. The second-order valence-corrected chi connectivity index (χ2v) is 5.12. The number of aromatic nitrogens is 2. The zero-order valence-electron chi connectivity index (χ0n) is 9.49. The van der Waals surface area contributed by atoms with Gasteiger partial charge in [0.2, 0.25) is 0 Å². The van der Waals surface area contributed by atoms with Crippen LogP contribution in [0.5, 0.6) is 0 Å². The maximum absolute atomic E-state index is 4.12. The maximum atomic E-state index is 4.12. The first-order valence-corrected chi connectivity index (χ1v) is 5.25. The molecule has 0 aliphatic rings. The Morgan fingerprint density at radius 1 is 1.13 bits per heavy atom. The number of hydrogen-bond acceptors (Lipinski definition) is 2. The Hall–Kier alpha value is -1.44. The predicted molar refractivity (Wildman–Crippen MR) is 62.7 cm³/mol. The molecule has 0 radical (unpaired) electrons. The van der Waals surface area contributed by atoms with E-state index in [2.05, 4.69) is 43.1 Å². The van der Waals surface area contributed by atoms with Crippen molar-refractivity contribution in [1.82, 2.24) is 10.2 Å². The quantitative estimate of drug-likeness (QED) is 0.706. The van der Waals surface area contributed by atoms with Crippen LogP contribution < -0.4 is 0 Å². The molecular formula is C13H16N2. The fourth-order valence-electron chi connectivity index (χ4n) is 1.81. The van der Waals surface area contributed by atoms with E-state index >= 15 is 0 Å². The van der Waals surface area contributed by atoms with Crippen molar-refractivity contribution in [2.75, 3.05) is 0 Å². The Labute approximate surface area is 90.3 Å². The van der Waals surface area contributed by atoms with Crippen LogP contribution >= 0.6 is 0 Å². The molecule has 2 aromatic rings. The van der Waals surface area contributed by atoms with E-state index in [1.165, 1.54) is 10.9 Å². The van der Waals surface area contributed by atoms with E-state index in [1.54, 1.807) is 6.20 Å². The summed E-state index contributed by atoms with van der Waals surface area (Å²) in [5, 5.41) is 9.25. The first-order valence-electron chi connectivity index (χ1n) is 5.25. The van der Waals surface area contributed by atoms with Crippen LogP contribution in [0.15, 0.2) is 30.5 Å². The van der Waals surface area contributed by atoms with E-state index in [0.717, 1.165) is 11.9 Å². The van der Waals surface area contributed by atoms with E-state index in [4.69, 9.17) is 0 Å². The topological polar surface area (TPSA) is 25.8 Å². The van der Waals surface area contributed by atoms with Gasteiger partial charge in [-0.2, -0.15) is 10.2 Å². The average Bonchev–Trinajstić information content (AvgIpc) is 2.16. The van der Waals surface area contributed by atoms with Crippen molar-refractivity contribution in [3.8, 4) is 0 Å². The van der Waals surface area contributed by atoms with Gasteiger partial charge >= 0.3 is 0 Å². The number of rotatable bonds is 1. The third-order valence-electron chi connectivity index (χ3n) is 2.37. The molecule has 2 rings (SSSR count). The lowest BCUT2D eigenvalue weighted by Crippen LogP contribution is -2.09. The predicted octanol–water partition coefficient (Wildman–Crippen LogP) is 3.22. The Bertz CT molecular complexity index is 464. The summed E-state index contributed by atoms with van der Waals surface area (Å²) in [5.41, 5.74) is 2.64. The van der Waals surface area contributed by atoms with Gasteiger partial charge in [-0.05, 0) is 29.5 Å². The van der Waals surface area contributed by atoms with Gasteiger partial charge in [-0.25, -0.2) is 0 Å². The summed E-state index contributed by atoms with van der Waals surface area (Å²) in [5.74, 6) is 0. The van der Waals surface area contributed by atoms with E-state index in [1.807, 2.05) is 12.1 Å². The average molecular weight is 200 g/mol. The maximum Gasteiger partial charge on any atom is 0.0932 e. The minimum Gasteiger partial charge on any atom is -0.159 e. The zero-order valence-corrected chi connectivity index (χ0v) is 9.49. The monoisotopic (exact) mass is 200 g/mol. The van der Waals surface area contributed by atoms with E-state index < -0.39 is 0 Å². The van der Waals surface area contributed by atoms with Gasteiger partial charge in [0.15, 0.2) is 0 Å². The molecule has 1 aromatic carbocycles. The van der Waals surface area contributed by atoms with Crippen LogP contribution in [0, 0.1) is 5.41 Å². The lowest BCUT2D eigenvalue weighted by molar-refractivity contribution is 0.412. The molecule has 0 amide bonds. The van der Waals surface area contributed by atoms with Gasteiger partial charge in [-0.1, -0.05) is 32.9 Å². The molecule has 0 aliphatic heterocycles. The highest BCUT2D eigenvalue weighted by molar-refractivity contribution is 5.81. The Balaban J connectivity index is 2.52. The van der Waals surface area contributed by atoms with Crippen LogP contribution in [0.2, 0.25) is 0 Å². The van der Waals surface area contributed by atoms with Crippen LogP contribution in [0.25, 0.3) is 10.9 Å². The summed E-state index contributed by atoms with van der Waals surface area (Å²) in [7, 11) is 0. The fourth-order valence-corrected chi connectivity index (χ4v) is 1.81. The van der Waals surface area contributed by atoms with Crippen molar-refractivity contribution < 1.29 is 0 Å². The van der Waals surface area contributed by atoms with E-state index in [9.17, 15) is 0 Å². The number of benzene rings is 1. The van der Waals surface area contributed by atoms with Crippen molar-refractivity contribution in [1.29, 1.82) is 0 Å². The smallest absolute Gasteiger partial charge is 0.0932 e. The van der Waals surface area contributed by atoms with Gasteiger partial charge < -0.3 is 0 Å². The minimum absolute atomic E-state index is 0.303. The Morgan fingerprint density at radius 2 is 1.93 bits per heavy atom. The normalized spacial score (nSPS) is 11.9. The molecule has 0 unspecified atom stereocenters. The van der Waals surface area contributed by atoms with E-state index in [0.29, 0.717) is 5.41 Å². The van der Waals surface area contributed by atoms with Gasteiger partial charge in [0.25, 0.3) is 0 Å². The second kappa shape index (κ2) is 3.61. The summed E-state index contributed by atoms with van der Waals surface area (Å²) in [6.07, 6.45) is 2.82. The first-order chi connectivity index (χ1) is 7.06. The summed E-state index contributed by atoms with van der Waals surface area (Å²) in [4.78, 5) is 0. The van der Waals surface area contributed by atoms with Crippen LogP contribution in [0.4, 0.5) is 0 Å². The molecule has 15 heavy (non-hydrogen) atoms. The molecule has 1 heterocycles. The third kappa shape index (κ3) is 2.32. The van der Waals surface area contributed by atoms with Crippen LogP contribution in [-0.4, -0.2) is 10.2 Å². The summed E-state index contributed by atoms with van der Waals surface area (Å²) >= 11 is 0. The molecule has 2 nitrogen and oxygen atoms in total. The lowest BCUT2D eigenvalue weighted by Gasteiger charge is -2.19. The van der Waals surface area contributed by atoms with Gasteiger partial charge in [0, 0.05) is 5.39 Å². The highest BCUT2D eigenvalue weighted by Gasteiger charge is 2.13. The van der Waals surface area contributed by atoms with Crippen LogP contribution in [0.1, 0.15) is 26.3 Å². The van der Waals surface area contributed by atoms with Crippen molar-refractivity contribution in [3.63, 3.8) is 0 Å². The Morgan fingerprint density at radius 3 is 2.67 bits per heavy atom. The molecule has 0 fully saturated rings. The molecule has 0 atom stereocenters. The lowest BCUT2D eigenvalue weighted by atomic mass is 9.87. The largest absolute Gasteiger partial charge is 0.159 e. The van der Waals surface area contributed by atoms with Crippen LogP contribution in [-0.2, 0) is 6.42 Å². The SMILES string of the molecule is CC(C)(C)Cc1cccc2nnccc12. The van der Waals surface area contributed by atoms with Crippen LogP contribution in [0.3, 0.4) is 0 Å². The van der Waals surface area contributed by atoms with Gasteiger partial charge in [-0.15, -0.1) is 0 Å². The Kier molecular flexibility index (Phi) is 2.43. The molecule has 0 saturated heterocycles. The number of hydrogen-bond donors (Lipinski definition) is 0. The van der Waals surface area contributed by atoms with Gasteiger partial charge in [0.1, 0.15) is 0 Å². The molecule has 78 valence electrons. The zero-order chi connectivity index (χ0) is 10.9. The second-order valence-electron chi connectivity index (χ2n) is 5.12. The molecule has 0 saturated carbocycles. The van der Waals surface area contributed by atoms with E-state index in [-0.39, 0.29) is 0 Å². The number of fused-ring (bicyclic) bond motifs is 1. The minimum atomic E-state index is 0.303. The standard InChI is InChI=1S/C13H16N2/c1-13(2,3)9-10-5-4-6-12-11(10)7-8-14-15-12/h4-8H,9H2,1-3H3. The molecule has 0 spiro atoms. The summed E-state index contributed by atoms with van der Waals surface area (Å²) in [6, 6.07) is 8.28. The third-order valence-corrected chi connectivity index (χ3v) is 2.37. The summed E-state index contributed by atoms with van der Waals surface area (Å²) < 4.78 is 0. The van der Waals surface area contributed by atoms with Gasteiger partial charge in [0.05, 0.1) is 11.7 Å². The first kappa shape index (κ1) is 10.1. The fraction of sp³-hybridized carbons (Fsp3) is 0.385. The highest BCUT2D eigenvalue weighted by atomic mass is 15.1. The van der Waals surface area contributed by atoms with Crippen molar-refractivity contribution >= 4 is 10.9 Å². The van der Waals surface area contributed by atoms with Crippen molar-refractivity contribution in [3.05, 3.63) is 36.0 Å². The number of nitrogens with zero attached hydrogens (tertiary/aromatic N) is 2. The van der Waals surface area contributed by atoms with Crippen molar-refractivity contribution in [2.45, 2.75) is 27.2 Å². The van der Waals surface area contributed by atoms with Gasteiger partial charge in [-0.3, -0.25) is 0 Å². The molecular weight excluding hydrogens is 184 g/mol. The molecule has 1 aromatic heterocycles. The van der Waals surface area contributed by atoms with Crippen molar-refractivity contribution in [2.24, 2.45) is 5.41 Å². The molecule has 0 N–H and O–H groups in total. The molecule has 0 bridgehead atoms. The molecule has 2 heteroatoms.